The van der Waals surface area contributed by atoms with E-state index in [9.17, 15) is 19.5 Å². The lowest BCUT2D eigenvalue weighted by molar-refractivity contribution is -0.115. The van der Waals surface area contributed by atoms with Gasteiger partial charge in [-0.2, -0.15) is 0 Å². The zero-order valence-electron chi connectivity index (χ0n) is 18.9. The van der Waals surface area contributed by atoms with Crippen molar-refractivity contribution in [2.24, 2.45) is 0 Å². The Bertz CT molecular complexity index is 1470. The summed E-state index contributed by atoms with van der Waals surface area (Å²) in [5.74, 6) is -1.70. The minimum absolute atomic E-state index is 0.0677. The van der Waals surface area contributed by atoms with Crippen molar-refractivity contribution in [3.05, 3.63) is 100 Å². The van der Waals surface area contributed by atoms with E-state index in [4.69, 9.17) is 23.2 Å². The summed E-state index contributed by atoms with van der Waals surface area (Å²) in [5, 5.41) is 16.6. The van der Waals surface area contributed by atoms with Crippen LogP contribution < -0.4 is 10.6 Å². The number of fused-ring (bicyclic) bond motifs is 1. The van der Waals surface area contributed by atoms with Crippen molar-refractivity contribution >= 4 is 74.9 Å². The number of rotatable bonds is 7. The second-order valence-electron chi connectivity index (χ2n) is 7.87. The molecular weight excluding hydrogens is 519 g/mol. The summed E-state index contributed by atoms with van der Waals surface area (Å²) in [6.45, 7) is 1.79. The van der Waals surface area contributed by atoms with Crippen LogP contribution in [0.1, 0.15) is 27.6 Å². The third-order valence-electron chi connectivity index (χ3n) is 5.36. The molecule has 0 aromatic heterocycles. The Labute approximate surface area is 221 Å². The second kappa shape index (κ2) is 11.0. The van der Waals surface area contributed by atoms with Gasteiger partial charge in [-0.1, -0.05) is 47.5 Å². The van der Waals surface area contributed by atoms with Gasteiger partial charge in [-0.25, -0.2) is 4.79 Å². The van der Waals surface area contributed by atoms with Crippen LogP contribution in [0.5, 0.6) is 0 Å². The quantitative estimate of drug-likeness (QED) is 0.216. The second-order valence-corrected chi connectivity index (χ2v) is 10.1. The van der Waals surface area contributed by atoms with E-state index in [1.54, 1.807) is 79.7 Å². The molecule has 2 amide bonds. The van der Waals surface area contributed by atoms with Gasteiger partial charge in [-0.15, -0.1) is 11.8 Å². The molecule has 0 aliphatic heterocycles. The van der Waals surface area contributed by atoms with Crippen LogP contribution in [0, 0.1) is 0 Å². The van der Waals surface area contributed by atoms with Crippen molar-refractivity contribution in [3.8, 4) is 0 Å². The van der Waals surface area contributed by atoms with Crippen molar-refractivity contribution in [3.63, 3.8) is 0 Å². The summed E-state index contributed by atoms with van der Waals surface area (Å²) in [4.78, 5) is 38.1. The molecule has 0 fully saturated rings. The highest BCUT2D eigenvalue weighted by molar-refractivity contribution is 8.00. The average Bonchev–Trinajstić information content (AvgIpc) is 2.86. The molecule has 0 saturated heterocycles. The molecule has 9 heteroatoms. The molecule has 0 spiro atoms. The normalized spacial score (nSPS) is 11.6. The molecule has 0 bridgehead atoms. The Balaban J connectivity index is 1.43. The van der Waals surface area contributed by atoms with E-state index >= 15 is 0 Å². The van der Waals surface area contributed by atoms with Gasteiger partial charge < -0.3 is 15.7 Å². The Hall–Kier alpha value is -3.52. The number of carboxylic acids is 1. The number of hydrogen-bond acceptors (Lipinski definition) is 4. The van der Waals surface area contributed by atoms with E-state index in [1.807, 2.05) is 0 Å². The molecule has 1 atom stereocenters. The first-order valence-corrected chi connectivity index (χ1v) is 12.5. The van der Waals surface area contributed by atoms with Gasteiger partial charge in [-0.05, 0) is 66.9 Å². The topological polar surface area (TPSA) is 95.5 Å². The van der Waals surface area contributed by atoms with Crippen LogP contribution >= 0.6 is 35.0 Å². The van der Waals surface area contributed by atoms with Crippen molar-refractivity contribution in [2.45, 2.75) is 17.1 Å². The van der Waals surface area contributed by atoms with E-state index in [0.717, 1.165) is 4.90 Å². The van der Waals surface area contributed by atoms with Gasteiger partial charge in [0.1, 0.15) is 0 Å². The van der Waals surface area contributed by atoms with Crippen LogP contribution in [0.25, 0.3) is 10.8 Å². The van der Waals surface area contributed by atoms with E-state index in [-0.39, 0.29) is 17.0 Å². The van der Waals surface area contributed by atoms with Gasteiger partial charge in [0, 0.05) is 27.2 Å². The molecule has 182 valence electrons. The summed E-state index contributed by atoms with van der Waals surface area (Å²) >= 11 is 13.3. The highest BCUT2D eigenvalue weighted by atomic mass is 35.5. The fourth-order valence-electron chi connectivity index (χ4n) is 3.60. The fourth-order valence-corrected chi connectivity index (χ4v) is 4.76. The first-order valence-electron chi connectivity index (χ1n) is 10.8. The number of aromatic carboxylic acids is 1. The monoisotopic (exact) mass is 538 g/mol. The Morgan fingerprint density at radius 2 is 1.44 bits per heavy atom. The van der Waals surface area contributed by atoms with Crippen molar-refractivity contribution in [1.29, 1.82) is 0 Å². The molecule has 3 N–H and O–H groups in total. The van der Waals surface area contributed by atoms with E-state index in [2.05, 4.69) is 10.6 Å². The van der Waals surface area contributed by atoms with Gasteiger partial charge in [0.2, 0.25) is 5.91 Å². The summed E-state index contributed by atoms with van der Waals surface area (Å²) < 4.78 is 0. The van der Waals surface area contributed by atoms with Crippen molar-refractivity contribution in [1.82, 2.24) is 0 Å². The average molecular weight is 539 g/mol. The van der Waals surface area contributed by atoms with Gasteiger partial charge in [0.05, 0.1) is 20.9 Å². The zero-order valence-corrected chi connectivity index (χ0v) is 21.2. The third kappa shape index (κ3) is 5.82. The number of thioether (sulfide) groups is 1. The summed E-state index contributed by atoms with van der Waals surface area (Å²) in [5.41, 5.74) is 1.44. The first kappa shape index (κ1) is 25.6. The van der Waals surface area contributed by atoms with E-state index in [1.165, 1.54) is 17.8 Å². The summed E-state index contributed by atoms with van der Waals surface area (Å²) in [7, 11) is 0. The molecule has 0 radical (unpaired) electrons. The lowest BCUT2D eigenvalue weighted by Crippen LogP contribution is -2.22. The van der Waals surface area contributed by atoms with Crippen LogP contribution in [0.3, 0.4) is 0 Å². The van der Waals surface area contributed by atoms with Gasteiger partial charge >= 0.3 is 5.97 Å². The Morgan fingerprint density at radius 1 is 0.806 bits per heavy atom. The Morgan fingerprint density at radius 3 is 2.08 bits per heavy atom. The summed E-state index contributed by atoms with van der Waals surface area (Å²) in [6.07, 6.45) is 0. The number of benzene rings is 4. The summed E-state index contributed by atoms with van der Waals surface area (Å²) in [6, 6.07) is 21.9. The molecule has 0 aliphatic rings. The predicted octanol–water partition coefficient (Wildman–Crippen LogP) is 7.22. The fraction of sp³-hybridized carbons (Fsp3) is 0.0741. The van der Waals surface area contributed by atoms with Gasteiger partial charge in [0.15, 0.2) is 0 Å². The molecule has 0 saturated carbocycles. The number of carbonyl (C=O) groups excluding carboxylic acids is 2. The molecular formula is C27H20Cl2N2O4S. The molecule has 36 heavy (non-hydrogen) atoms. The van der Waals surface area contributed by atoms with Crippen LogP contribution in [-0.4, -0.2) is 28.1 Å². The molecule has 6 nitrogen and oxygen atoms in total. The van der Waals surface area contributed by atoms with E-state index < -0.39 is 17.1 Å². The van der Waals surface area contributed by atoms with Gasteiger partial charge in [0.25, 0.3) is 5.91 Å². The van der Waals surface area contributed by atoms with Crippen molar-refractivity contribution in [2.75, 3.05) is 10.6 Å². The smallest absolute Gasteiger partial charge is 0.336 e. The maximum atomic E-state index is 13.0. The maximum absolute atomic E-state index is 13.0. The first-order chi connectivity index (χ1) is 17.2. The van der Waals surface area contributed by atoms with E-state index in [0.29, 0.717) is 32.2 Å². The number of halogens is 2. The lowest BCUT2D eigenvalue weighted by atomic mass is 9.98. The van der Waals surface area contributed by atoms with Crippen molar-refractivity contribution < 1.29 is 19.5 Å². The SMILES string of the molecule is CC(Sc1ccc(NC(=O)c2cccc3cccc(C(=O)O)c23)cc1)C(=O)Nc1ccc(Cl)c(Cl)c1. The number of carbonyl (C=O) groups is 3. The minimum Gasteiger partial charge on any atom is -0.478 e. The lowest BCUT2D eigenvalue weighted by Gasteiger charge is -2.13. The van der Waals surface area contributed by atoms with Crippen LogP contribution in [0.15, 0.2) is 83.8 Å². The van der Waals surface area contributed by atoms with Crippen LogP contribution in [0.4, 0.5) is 11.4 Å². The largest absolute Gasteiger partial charge is 0.478 e. The minimum atomic E-state index is -1.10. The standard InChI is InChI=1S/C27H20Cl2N2O4S/c1-15(25(32)31-18-10-13-22(28)23(29)14-18)36-19-11-8-17(9-12-19)30-26(33)20-6-2-4-16-5-3-7-21(24(16)20)27(34)35/h2-15H,1H3,(H,30,33)(H,31,32)(H,34,35). The molecule has 1 unspecified atom stereocenters. The molecule has 0 aliphatic carbocycles. The highest BCUT2D eigenvalue weighted by Gasteiger charge is 2.18. The predicted molar refractivity (Wildman–Crippen MR) is 146 cm³/mol. The van der Waals surface area contributed by atoms with Crippen LogP contribution in [-0.2, 0) is 4.79 Å². The number of anilines is 2. The molecule has 4 aromatic carbocycles. The number of carboxylic acid groups (broad SMARTS) is 1. The maximum Gasteiger partial charge on any atom is 0.336 e. The highest BCUT2D eigenvalue weighted by Crippen LogP contribution is 2.29. The molecule has 4 rings (SSSR count). The third-order valence-corrected chi connectivity index (χ3v) is 7.21. The van der Waals surface area contributed by atoms with Gasteiger partial charge in [-0.3, -0.25) is 9.59 Å². The molecule has 4 aromatic rings. The number of nitrogens with one attached hydrogen (secondary N) is 2. The number of hydrogen-bond donors (Lipinski definition) is 3. The molecule has 0 heterocycles. The Kier molecular flexibility index (Phi) is 7.84. The zero-order chi connectivity index (χ0) is 25.8. The van der Waals surface area contributed by atoms with Crippen LogP contribution in [0.2, 0.25) is 10.0 Å². The number of amides is 2.